The second-order valence-corrected chi connectivity index (χ2v) is 8.70. The fraction of sp³-hybridized carbons (Fsp3) is 0.375. The molecule has 0 spiro atoms. The van der Waals surface area contributed by atoms with Gasteiger partial charge in [0.15, 0.2) is 4.77 Å². The molecule has 5 rings (SSSR count). The molecule has 3 aromatic rings. The third-order valence-electron chi connectivity index (χ3n) is 5.99. The van der Waals surface area contributed by atoms with E-state index < -0.39 is 5.97 Å². The van der Waals surface area contributed by atoms with Gasteiger partial charge in [-0.25, -0.2) is 9.59 Å². The highest BCUT2D eigenvalue weighted by molar-refractivity contribution is 7.71. The Labute approximate surface area is 207 Å². The Bertz CT molecular complexity index is 1280. The zero-order valence-corrected chi connectivity index (χ0v) is 20.1. The fourth-order valence-electron chi connectivity index (χ4n) is 3.72. The van der Waals surface area contributed by atoms with Crippen LogP contribution in [0.4, 0.5) is 11.4 Å². The van der Waals surface area contributed by atoms with E-state index in [2.05, 4.69) is 15.0 Å². The average molecular weight is 501 g/mol. The van der Waals surface area contributed by atoms with Crippen LogP contribution in [-0.4, -0.2) is 65.7 Å². The van der Waals surface area contributed by atoms with Crippen LogP contribution in [0.2, 0.25) is 0 Å². The molecule has 11 heteroatoms. The van der Waals surface area contributed by atoms with Gasteiger partial charge in [0.25, 0.3) is 0 Å². The fourth-order valence-corrected chi connectivity index (χ4v) is 4.01. The molecule has 2 saturated heterocycles. The first-order chi connectivity index (χ1) is 16.9. The Morgan fingerprint density at radius 1 is 1.17 bits per heavy atom. The zero-order valence-electron chi connectivity index (χ0n) is 19.3. The number of imidazole rings is 1. The number of anilines is 2. The Morgan fingerprint density at radius 3 is 2.46 bits per heavy atom. The van der Waals surface area contributed by atoms with E-state index in [1.165, 1.54) is 7.11 Å². The molecule has 0 unspecified atom stereocenters. The lowest BCUT2D eigenvalue weighted by molar-refractivity contribution is -0.0588. The molecule has 0 bridgehead atoms. The van der Waals surface area contributed by atoms with Crippen LogP contribution >= 0.6 is 12.2 Å². The van der Waals surface area contributed by atoms with Crippen molar-refractivity contribution in [1.82, 2.24) is 9.55 Å². The van der Waals surface area contributed by atoms with Gasteiger partial charge in [0.1, 0.15) is 0 Å². The maximum atomic E-state index is 11.4. The summed E-state index contributed by atoms with van der Waals surface area (Å²) in [4.78, 5) is 25.4. The number of nitrogens with two attached hydrogens (primary N) is 1. The van der Waals surface area contributed by atoms with Crippen LogP contribution in [0, 0.1) is 4.77 Å². The predicted molar refractivity (Wildman–Crippen MR) is 133 cm³/mol. The van der Waals surface area contributed by atoms with Crippen molar-refractivity contribution in [2.75, 3.05) is 37.9 Å². The molecule has 2 atom stereocenters. The number of aromatic carboxylic acids is 1. The number of aromatic amines is 1. The monoisotopic (exact) mass is 500 g/mol. The van der Waals surface area contributed by atoms with E-state index in [1.807, 2.05) is 4.57 Å². The molecule has 35 heavy (non-hydrogen) atoms. The maximum absolute atomic E-state index is 11.4. The second-order valence-electron chi connectivity index (χ2n) is 8.32. The first-order valence-electron chi connectivity index (χ1n) is 11.3. The Hall–Kier alpha value is -3.41. The molecule has 2 aromatic carbocycles. The van der Waals surface area contributed by atoms with Crippen molar-refractivity contribution < 1.29 is 28.9 Å². The summed E-state index contributed by atoms with van der Waals surface area (Å²) in [6, 6.07) is 9.98. The molecule has 1 aromatic heterocycles. The normalized spacial score (nSPS) is 18.5. The number of carbonyl (C=O) groups excluding carboxylic acids is 1. The van der Waals surface area contributed by atoms with Crippen molar-refractivity contribution in [3.63, 3.8) is 0 Å². The van der Waals surface area contributed by atoms with Gasteiger partial charge in [0, 0.05) is 19.8 Å². The van der Waals surface area contributed by atoms with E-state index in [9.17, 15) is 9.59 Å². The summed E-state index contributed by atoms with van der Waals surface area (Å²) in [6.07, 6.45) is 2.51. The quantitative estimate of drug-likeness (QED) is 0.218. The summed E-state index contributed by atoms with van der Waals surface area (Å²) in [5.41, 5.74) is 9.58. The number of nitrogens with one attached hydrogen (secondary N) is 2. The minimum Gasteiger partial charge on any atom is -0.478 e. The van der Waals surface area contributed by atoms with Crippen molar-refractivity contribution >= 4 is 46.6 Å². The molecule has 2 aliphatic rings. The van der Waals surface area contributed by atoms with E-state index in [1.54, 1.807) is 36.4 Å². The van der Waals surface area contributed by atoms with Crippen molar-refractivity contribution in [3.8, 4) is 0 Å². The molecule has 186 valence electrons. The van der Waals surface area contributed by atoms with Gasteiger partial charge in [-0.15, -0.1) is 0 Å². The molecule has 0 amide bonds. The predicted octanol–water partition coefficient (Wildman–Crippen LogP) is 3.44. The van der Waals surface area contributed by atoms with Crippen LogP contribution in [0.1, 0.15) is 33.6 Å². The highest BCUT2D eigenvalue weighted by Gasteiger charge is 2.20. The number of hydrogen-bond acceptors (Lipinski definition) is 8. The molecular formula is C24H28N4O6S. The molecule has 0 saturated carbocycles. The first-order valence-corrected chi connectivity index (χ1v) is 11.7. The number of ether oxygens (including phenoxy) is 3. The summed E-state index contributed by atoms with van der Waals surface area (Å²) in [7, 11) is 1.36. The van der Waals surface area contributed by atoms with E-state index in [-0.39, 0.29) is 23.7 Å². The number of aromatic nitrogens is 2. The molecule has 3 heterocycles. The van der Waals surface area contributed by atoms with E-state index >= 15 is 0 Å². The standard InChI is InChI=1S/C12H12N2O3S.C12H16N2O3/c15-11(16)7-1-2-9-10(5-7)14(12(18)13-9)6-8-3-4-17-8;1-16-12(15)8-2-3-10(13)11(6-8)14-7-9-4-5-17-9/h1-2,5,8H,3-4,6H2,(H,13,18)(H,15,16);2-3,6,9,14H,4-5,7,13H2,1H3/t8-;9-/m00/s1. The van der Waals surface area contributed by atoms with Crippen LogP contribution in [-0.2, 0) is 20.8 Å². The minimum atomic E-state index is -0.935. The minimum absolute atomic E-state index is 0.184. The summed E-state index contributed by atoms with van der Waals surface area (Å²) in [6.45, 7) is 2.99. The van der Waals surface area contributed by atoms with Crippen molar-refractivity contribution in [3.05, 3.63) is 52.3 Å². The number of methoxy groups -OCH3 is 1. The number of carbonyl (C=O) groups is 2. The second kappa shape index (κ2) is 10.9. The lowest BCUT2D eigenvalue weighted by Crippen LogP contribution is -2.33. The van der Waals surface area contributed by atoms with Gasteiger partial charge in [0.05, 0.1) is 59.4 Å². The van der Waals surface area contributed by atoms with Gasteiger partial charge in [-0.2, -0.15) is 0 Å². The Morgan fingerprint density at radius 2 is 1.86 bits per heavy atom. The largest absolute Gasteiger partial charge is 0.478 e. The lowest BCUT2D eigenvalue weighted by Gasteiger charge is -2.27. The van der Waals surface area contributed by atoms with Crippen molar-refractivity contribution in [2.24, 2.45) is 0 Å². The van der Waals surface area contributed by atoms with E-state index in [0.29, 0.717) is 29.1 Å². The van der Waals surface area contributed by atoms with Gasteiger partial charge in [-0.05, 0) is 61.5 Å². The third kappa shape index (κ3) is 5.81. The van der Waals surface area contributed by atoms with Gasteiger partial charge >= 0.3 is 11.9 Å². The van der Waals surface area contributed by atoms with Crippen molar-refractivity contribution in [1.29, 1.82) is 0 Å². The highest BCUT2D eigenvalue weighted by atomic mass is 32.1. The van der Waals surface area contributed by atoms with Crippen LogP contribution in [0.25, 0.3) is 11.0 Å². The zero-order chi connectivity index (χ0) is 24.9. The summed E-state index contributed by atoms with van der Waals surface area (Å²) in [5, 5.41) is 12.2. The number of carboxylic acid groups (broad SMARTS) is 1. The third-order valence-corrected chi connectivity index (χ3v) is 6.31. The molecular weight excluding hydrogens is 472 g/mol. The van der Waals surface area contributed by atoms with E-state index in [4.69, 9.17) is 32.5 Å². The molecule has 10 nitrogen and oxygen atoms in total. The highest BCUT2D eigenvalue weighted by Crippen LogP contribution is 2.22. The van der Waals surface area contributed by atoms with Gasteiger partial charge in [0.2, 0.25) is 0 Å². The lowest BCUT2D eigenvalue weighted by atomic mass is 10.1. The summed E-state index contributed by atoms with van der Waals surface area (Å²) >= 11 is 5.26. The topological polar surface area (TPSA) is 141 Å². The number of hydrogen-bond donors (Lipinski definition) is 4. The number of H-pyrrole nitrogens is 1. The van der Waals surface area contributed by atoms with Crippen molar-refractivity contribution in [2.45, 2.75) is 31.6 Å². The average Bonchev–Trinajstić information content (AvgIpc) is 3.10. The summed E-state index contributed by atoms with van der Waals surface area (Å²) in [5.74, 6) is -1.30. The number of esters is 1. The first kappa shape index (κ1) is 24.7. The number of nitrogens with zero attached hydrogens (tertiary/aromatic N) is 1. The molecule has 0 aliphatic carbocycles. The number of benzene rings is 2. The Kier molecular flexibility index (Phi) is 7.69. The number of rotatable bonds is 7. The number of fused-ring (bicyclic) bond motifs is 1. The van der Waals surface area contributed by atoms with Gasteiger partial charge < -0.3 is 39.9 Å². The number of nitrogen functional groups attached to an aromatic ring is 1. The molecule has 2 fully saturated rings. The maximum Gasteiger partial charge on any atom is 0.337 e. The summed E-state index contributed by atoms with van der Waals surface area (Å²) < 4.78 is 17.8. The van der Waals surface area contributed by atoms with Gasteiger partial charge in [-0.1, -0.05) is 0 Å². The smallest absolute Gasteiger partial charge is 0.337 e. The molecule has 0 radical (unpaired) electrons. The number of carboxylic acids is 1. The Balaban J connectivity index is 0.000000165. The van der Waals surface area contributed by atoms with Gasteiger partial charge in [-0.3, -0.25) is 0 Å². The van der Waals surface area contributed by atoms with Crippen LogP contribution in [0.15, 0.2) is 36.4 Å². The molecule has 5 N–H and O–H groups in total. The molecule has 2 aliphatic heterocycles. The van der Waals surface area contributed by atoms with Crippen LogP contribution < -0.4 is 11.1 Å². The SMILES string of the molecule is COC(=O)c1ccc(N)c(NC[C@@H]2CCO2)c1.O=C(O)c1ccc2[nH]c(=S)n(C[C@@H]3CCO3)c2c1. The van der Waals surface area contributed by atoms with Crippen LogP contribution in [0.3, 0.4) is 0 Å². The van der Waals surface area contributed by atoms with E-state index in [0.717, 1.165) is 42.8 Å². The van der Waals surface area contributed by atoms with Crippen LogP contribution in [0.5, 0.6) is 0 Å².